The first-order valence-corrected chi connectivity index (χ1v) is 8.07. The zero-order valence-corrected chi connectivity index (χ0v) is 13.8. The number of fused-ring (bicyclic) bond motifs is 1. The molecule has 1 fully saturated rings. The van der Waals surface area contributed by atoms with Crippen LogP contribution in [0, 0.1) is 0 Å². The van der Waals surface area contributed by atoms with Crippen molar-refractivity contribution < 1.29 is 14.3 Å². The Morgan fingerprint density at radius 3 is 3.22 bits per heavy atom. The lowest BCUT2D eigenvalue weighted by Gasteiger charge is -2.16. The van der Waals surface area contributed by atoms with Crippen molar-refractivity contribution in [1.29, 1.82) is 0 Å². The Labute approximate surface area is 139 Å². The van der Waals surface area contributed by atoms with Gasteiger partial charge in [0.1, 0.15) is 12.4 Å². The molecule has 0 spiro atoms. The zero-order chi connectivity index (χ0) is 16.2. The van der Waals surface area contributed by atoms with Crippen molar-refractivity contribution in [3.63, 3.8) is 0 Å². The van der Waals surface area contributed by atoms with E-state index >= 15 is 0 Å². The quantitative estimate of drug-likeness (QED) is 0.878. The molecule has 1 N–H and O–H groups in total. The van der Waals surface area contributed by atoms with Gasteiger partial charge in [-0.25, -0.2) is 4.98 Å². The molecule has 1 aromatic carbocycles. The number of likely N-dealkylation sites (N-methyl/N-ethyl adjacent to an activating group) is 1. The predicted molar refractivity (Wildman–Crippen MR) is 87.4 cm³/mol. The van der Waals surface area contributed by atoms with E-state index in [1.807, 2.05) is 12.1 Å². The molecule has 0 unspecified atom stereocenters. The summed E-state index contributed by atoms with van der Waals surface area (Å²) >= 11 is 5.96. The molecule has 1 aromatic heterocycles. The van der Waals surface area contributed by atoms with Crippen molar-refractivity contribution in [1.82, 2.24) is 14.9 Å². The van der Waals surface area contributed by atoms with Gasteiger partial charge in [-0.15, -0.1) is 0 Å². The lowest BCUT2D eigenvalue weighted by Crippen LogP contribution is -2.31. The largest absolute Gasteiger partial charge is 0.376 e. The molecule has 2 aromatic rings. The Morgan fingerprint density at radius 2 is 2.43 bits per heavy atom. The Kier molecular flexibility index (Phi) is 5.15. The van der Waals surface area contributed by atoms with Crippen LogP contribution in [0.3, 0.4) is 0 Å². The number of hydrogen-bond donors (Lipinski definition) is 1. The van der Waals surface area contributed by atoms with E-state index in [4.69, 9.17) is 21.1 Å². The van der Waals surface area contributed by atoms with Crippen molar-refractivity contribution in [2.24, 2.45) is 0 Å². The fourth-order valence-corrected chi connectivity index (χ4v) is 2.76. The Bertz CT molecular complexity index is 682. The third-order valence-electron chi connectivity index (χ3n) is 3.86. The van der Waals surface area contributed by atoms with E-state index in [1.54, 1.807) is 18.0 Å². The summed E-state index contributed by atoms with van der Waals surface area (Å²) in [5.74, 6) is 0.638. The number of imidazole rings is 1. The molecule has 1 aliphatic rings. The molecule has 7 heteroatoms. The molecule has 23 heavy (non-hydrogen) atoms. The molecule has 1 saturated heterocycles. The Balaban J connectivity index is 1.50. The van der Waals surface area contributed by atoms with Gasteiger partial charge >= 0.3 is 0 Å². The van der Waals surface area contributed by atoms with Crippen molar-refractivity contribution >= 4 is 28.5 Å². The number of hydrogen-bond acceptors (Lipinski definition) is 4. The molecule has 1 atom stereocenters. The summed E-state index contributed by atoms with van der Waals surface area (Å²) in [5, 5.41) is 0.652. The lowest BCUT2D eigenvalue weighted by molar-refractivity contribution is -0.136. The number of nitrogens with zero attached hydrogens (tertiary/aromatic N) is 2. The van der Waals surface area contributed by atoms with E-state index in [2.05, 4.69) is 9.97 Å². The van der Waals surface area contributed by atoms with E-state index < -0.39 is 0 Å². The topological polar surface area (TPSA) is 67.5 Å². The molecule has 124 valence electrons. The van der Waals surface area contributed by atoms with Crippen LogP contribution in [0.15, 0.2) is 18.2 Å². The highest BCUT2D eigenvalue weighted by Crippen LogP contribution is 2.17. The first-order chi connectivity index (χ1) is 11.1. The minimum atomic E-state index is -0.0820. The van der Waals surface area contributed by atoms with Gasteiger partial charge in [-0.3, -0.25) is 4.79 Å². The second-order valence-corrected chi connectivity index (χ2v) is 6.18. The molecule has 0 aliphatic carbocycles. The van der Waals surface area contributed by atoms with E-state index in [9.17, 15) is 4.79 Å². The normalized spacial score (nSPS) is 17.7. The molecule has 0 radical (unpaired) electrons. The van der Waals surface area contributed by atoms with Crippen LogP contribution >= 0.6 is 11.6 Å². The summed E-state index contributed by atoms with van der Waals surface area (Å²) in [6.45, 7) is 1.72. The first kappa shape index (κ1) is 16.2. The molecule has 1 amide bonds. The SMILES string of the molecule is CN(Cc1nc2ccc(Cl)cc2[nH]1)C(=O)COC[C@H]1CCCO1. The van der Waals surface area contributed by atoms with Crippen LogP contribution in [0.5, 0.6) is 0 Å². The average molecular weight is 338 g/mol. The second kappa shape index (κ2) is 7.29. The number of aromatic nitrogens is 2. The summed E-state index contributed by atoms with van der Waals surface area (Å²) in [5.41, 5.74) is 1.70. The number of ether oxygens (including phenoxy) is 2. The molecular formula is C16H20ClN3O3. The van der Waals surface area contributed by atoms with Gasteiger partial charge in [-0.05, 0) is 31.0 Å². The summed E-state index contributed by atoms with van der Waals surface area (Å²) < 4.78 is 10.9. The first-order valence-electron chi connectivity index (χ1n) is 7.69. The highest BCUT2D eigenvalue weighted by atomic mass is 35.5. The number of aromatic amines is 1. The van der Waals surface area contributed by atoms with Gasteiger partial charge in [0, 0.05) is 18.7 Å². The van der Waals surface area contributed by atoms with Gasteiger partial charge < -0.3 is 19.4 Å². The third kappa shape index (κ3) is 4.22. The van der Waals surface area contributed by atoms with Crippen molar-refractivity contribution in [2.75, 3.05) is 26.9 Å². The molecular weight excluding hydrogens is 318 g/mol. The van der Waals surface area contributed by atoms with Crippen molar-refractivity contribution in [3.8, 4) is 0 Å². The number of carbonyl (C=O) groups excluding carboxylic acids is 1. The van der Waals surface area contributed by atoms with Crippen LogP contribution in [-0.4, -0.2) is 53.7 Å². The number of halogens is 1. The standard InChI is InChI=1S/C16H20ClN3O3/c1-20(16(21)10-22-9-12-3-2-6-23-12)8-15-18-13-5-4-11(17)7-14(13)19-15/h4-5,7,12H,2-3,6,8-10H2,1H3,(H,18,19)/t12-/m1/s1. The summed E-state index contributed by atoms with van der Waals surface area (Å²) in [6.07, 6.45) is 2.21. The summed E-state index contributed by atoms with van der Waals surface area (Å²) in [4.78, 5) is 21.3. The maximum Gasteiger partial charge on any atom is 0.248 e. The van der Waals surface area contributed by atoms with E-state index in [0.717, 1.165) is 36.3 Å². The Hall–Kier alpha value is -1.63. The zero-order valence-electron chi connectivity index (χ0n) is 13.0. The van der Waals surface area contributed by atoms with Gasteiger partial charge in [0.05, 0.1) is 30.3 Å². The van der Waals surface area contributed by atoms with Crippen LogP contribution in [0.1, 0.15) is 18.7 Å². The summed E-state index contributed by atoms with van der Waals surface area (Å²) in [7, 11) is 1.73. The molecule has 2 heterocycles. The number of benzene rings is 1. The van der Waals surface area contributed by atoms with Crippen molar-refractivity contribution in [2.45, 2.75) is 25.5 Å². The van der Waals surface area contributed by atoms with E-state index in [1.165, 1.54) is 0 Å². The van der Waals surface area contributed by atoms with E-state index in [0.29, 0.717) is 18.2 Å². The van der Waals surface area contributed by atoms with Crippen LogP contribution in [0.2, 0.25) is 5.02 Å². The highest BCUT2D eigenvalue weighted by Gasteiger charge is 2.17. The predicted octanol–water partition coefficient (Wildman–Crippen LogP) is 2.37. The van der Waals surface area contributed by atoms with Crippen LogP contribution < -0.4 is 0 Å². The number of nitrogens with one attached hydrogen (secondary N) is 1. The molecule has 6 nitrogen and oxygen atoms in total. The molecule has 3 rings (SSSR count). The summed E-state index contributed by atoms with van der Waals surface area (Å²) in [6, 6.07) is 5.46. The van der Waals surface area contributed by atoms with Crippen molar-refractivity contribution in [3.05, 3.63) is 29.0 Å². The van der Waals surface area contributed by atoms with Gasteiger partial charge in [0.15, 0.2) is 0 Å². The Morgan fingerprint density at radius 1 is 1.57 bits per heavy atom. The monoisotopic (exact) mass is 337 g/mol. The lowest BCUT2D eigenvalue weighted by atomic mass is 10.2. The third-order valence-corrected chi connectivity index (χ3v) is 4.09. The van der Waals surface area contributed by atoms with Gasteiger partial charge in [-0.2, -0.15) is 0 Å². The van der Waals surface area contributed by atoms with Gasteiger partial charge in [-0.1, -0.05) is 11.6 Å². The molecule has 1 aliphatic heterocycles. The second-order valence-electron chi connectivity index (χ2n) is 5.74. The maximum absolute atomic E-state index is 12.1. The van der Waals surface area contributed by atoms with E-state index in [-0.39, 0.29) is 18.6 Å². The average Bonchev–Trinajstić information content (AvgIpc) is 3.15. The fraction of sp³-hybridized carbons (Fsp3) is 0.500. The van der Waals surface area contributed by atoms with Gasteiger partial charge in [0.25, 0.3) is 0 Å². The van der Waals surface area contributed by atoms with Crippen LogP contribution in [-0.2, 0) is 20.8 Å². The highest BCUT2D eigenvalue weighted by molar-refractivity contribution is 6.31. The number of carbonyl (C=O) groups is 1. The number of rotatable bonds is 6. The smallest absolute Gasteiger partial charge is 0.248 e. The maximum atomic E-state index is 12.1. The molecule has 0 saturated carbocycles. The minimum absolute atomic E-state index is 0.0580. The van der Waals surface area contributed by atoms with Gasteiger partial charge in [0.2, 0.25) is 5.91 Å². The van der Waals surface area contributed by atoms with Crippen LogP contribution in [0.4, 0.5) is 0 Å². The number of H-pyrrole nitrogens is 1. The fourth-order valence-electron chi connectivity index (χ4n) is 2.59. The minimum Gasteiger partial charge on any atom is -0.376 e. The van der Waals surface area contributed by atoms with Crippen LogP contribution in [0.25, 0.3) is 11.0 Å². The number of amides is 1. The molecule has 0 bridgehead atoms.